The maximum atomic E-state index is 12.1. The van der Waals surface area contributed by atoms with Gasteiger partial charge in [0.05, 0.1) is 0 Å². The van der Waals surface area contributed by atoms with Gasteiger partial charge < -0.3 is 5.32 Å². The molecule has 1 aromatic carbocycles. The number of thiocarbonyl (C=S) groups is 1. The molecule has 0 bridgehead atoms. The molecule has 0 radical (unpaired) electrons. The summed E-state index contributed by atoms with van der Waals surface area (Å²) in [6.07, 6.45) is 7.38. The van der Waals surface area contributed by atoms with Crippen LogP contribution in [-0.4, -0.2) is 17.1 Å². The summed E-state index contributed by atoms with van der Waals surface area (Å²) in [4.78, 5) is 12.1. The Morgan fingerprint density at radius 2 is 1.90 bits per heavy atom. The standard InChI is InChI=1S/C16H22N2OS/c1-12-7-6-8-13(11-12)15(19)18-16(20)17-14-9-4-2-3-5-10-14/h6-8,11,14H,2-5,9-10H2,1H3,(H2,17,18,19,20). The van der Waals surface area contributed by atoms with Crippen LogP contribution in [0.1, 0.15) is 54.4 Å². The number of rotatable bonds is 2. The van der Waals surface area contributed by atoms with Gasteiger partial charge in [0.15, 0.2) is 5.11 Å². The third-order valence-electron chi connectivity index (χ3n) is 3.70. The molecule has 0 heterocycles. The average molecular weight is 290 g/mol. The maximum Gasteiger partial charge on any atom is 0.257 e. The highest BCUT2D eigenvalue weighted by molar-refractivity contribution is 7.80. The summed E-state index contributed by atoms with van der Waals surface area (Å²) >= 11 is 5.25. The zero-order valence-corrected chi connectivity index (χ0v) is 12.8. The molecular formula is C16H22N2OS. The largest absolute Gasteiger partial charge is 0.360 e. The summed E-state index contributed by atoms with van der Waals surface area (Å²) in [6.45, 7) is 1.97. The van der Waals surface area contributed by atoms with E-state index in [-0.39, 0.29) is 5.91 Å². The number of nitrogens with one attached hydrogen (secondary N) is 2. The zero-order chi connectivity index (χ0) is 14.4. The van der Waals surface area contributed by atoms with Crippen molar-refractivity contribution in [3.63, 3.8) is 0 Å². The number of aryl methyl sites for hydroxylation is 1. The Kier molecular flexibility index (Phi) is 5.53. The lowest BCUT2D eigenvalue weighted by Gasteiger charge is -2.18. The molecule has 0 saturated heterocycles. The van der Waals surface area contributed by atoms with Crippen LogP contribution in [-0.2, 0) is 0 Å². The van der Waals surface area contributed by atoms with Crippen molar-refractivity contribution < 1.29 is 4.79 Å². The Hall–Kier alpha value is -1.42. The molecule has 2 rings (SSSR count). The van der Waals surface area contributed by atoms with Gasteiger partial charge in [0.25, 0.3) is 5.91 Å². The minimum absolute atomic E-state index is 0.139. The second-order valence-electron chi connectivity index (χ2n) is 5.49. The van der Waals surface area contributed by atoms with Crippen LogP contribution in [0.4, 0.5) is 0 Å². The average Bonchev–Trinajstić information content (AvgIpc) is 2.67. The molecule has 0 spiro atoms. The molecule has 108 valence electrons. The second-order valence-corrected chi connectivity index (χ2v) is 5.89. The molecule has 2 N–H and O–H groups in total. The number of benzene rings is 1. The molecule has 3 nitrogen and oxygen atoms in total. The van der Waals surface area contributed by atoms with Crippen LogP contribution in [0.2, 0.25) is 0 Å². The van der Waals surface area contributed by atoms with Gasteiger partial charge in [-0.25, -0.2) is 0 Å². The van der Waals surface area contributed by atoms with Gasteiger partial charge >= 0.3 is 0 Å². The van der Waals surface area contributed by atoms with Crippen molar-refractivity contribution in [2.45, 2.75) is 51.5 Å². The van der Waals surface area contributed by atoms with E-state index in [0.717, 1.165) is 18.4 Å². The molecule has 1 fully saturated rings. The highest BCUT2D eigenvalue weighted by Gasteiger charge is 2.14. The first-order chi connectivity index (χ1) is 9.65. The molecule has 20 heavy (non-hydrogen) atoms. The number of hydrogen-bond donors (Lipinski definition) is 2. The van der Waals surface area contributed by atoms with E-state index in [1.807, 2.05) is 25.1 Å². The van der Waals surface area contributed by atoms with Crippen LogP contribution < -0.4 is 10.6 Å². The topological polar surface area (TPSA) is 41.1 Å². The van der Waals surface area contributed by atoms with E-state index in [2.05, 4.69) is 10.6 Å². The fraction of sp³-hybridized carbons (Fsp3) is 0.500. The van der Waals surface area contributed by atoms with Crippen molar-refractivity contribution >= 4 is 23.2 Å². The fourth-order valence-corrected chi connectivity index (χ4v) is 2.87. The molecule has 4 heteroatoms. The summed E-state index contributed by atoms with van der Waals surface area (Å²) in [6, 6.07) is 7.92. The van der Waals surface area contributed by atoms with E-state index in [1.54, 1.807) is 6.07 Å². The van der Waals surface area contributed by atoms with Crippen LogP contribution in [0, 0.1) is 6.92 Å². The summed E-state index contributed by atoms with van der Waals surface area (Å²) in [7, 11) is 0. The summed E-state index contributed by atoms with van der Waals surface area (Å²) < 4.78 is 0. The first kappa shape index (κ1) is 15.0. The monoisotopic (exact) mass is 290 g/mol. The van der Waals surface area contributed by atoms with Gasteiger partial charge in [-0.1, -0.05) is 43.4 Å². The molecule has 0 unspecified atom stereocenters. The van der Waals surface area contributed by atoms with Gasteiger partial charge in [-0.2, -0.15) is 0 Å². The Morgan fingerprint density at radius 1 is 1.20 bits per heavy atom. The first-order valence-electron chi connectivity index (χ1n) is 7.33. The lowest BCUT2D eigenvalue weighted by Crippen LogP contribution is -2.44. The van der Waals surface area contributed by atoms with Crippen molar-refractivity contribution in [2.24, 2.45) is 0 Å². The number of amides is 1. The summed E-state index contributed by atoms with van der Waals surface area (Å²) in [5, 5.41) is 6.49. The predicted octanol–water partition coefficient (Wildman–Crippen LogP) is 3.32. The molecule has 1 saturated carbocycles. The Bertz CT molecular complexity index is 479. The van der Waals surface area contributed by atoms with Crippen molar-refractivity contribution in [2.75, 3.05) is 0 Å². The van der Waals surface area contributed by atoms with E-state index < -0.39 is 0 Å². The van der Waals surface area contributed by atoms with Gasteiger partial charge in [0.2, 0.25) is 0 Å². The lowest BCUT2D eigenvalue weighted by molar-refractivity contribution is 0.0976. The zero-order valence-electron chi connectivity index (χ0n) is 11.9. The molecule has 1 amide bonds. The minimum atomic E-state index is -0.139. The molecule has 1 aliphatic carbocycles. The molecular weight excluding hydrogens is 268 g/mol. The van der Waals surface area contributed by atoms with Crippen LogP contribution in [0.3, 0.4) is 0 Å². The van der Waals surface area contributed by atoms with E-state index in [1.165, 1.54) is 25.7 Å². The van der Waals surface area contributed by atoms with Gasteiger partial charge in [-0.15, -0.1) is 0 Å². The van der Waals surface area contributed by atoms with Gasteiger partial charge in [-0.3, -0.25) is 10.1 Å². The van der Waals surface area contributed by atoms with E-state index in [4.69, 9.17) is 12.2 Å². The van der Waals surface area contributed by atoms with Crippen molar-refractivity contribution in [3.05, 3.63) is 35.4 Å². The Labute approximate surface area is 126 Å². The van der Waals surface area contributed by atoms with Crippen LogP contribution >= 0.6 is 12.2 Å². The highest BCUT2D eigenvalue weighted by Crippen LogP contribution is 2.17. The van der Waals surface area contributed by atoms with Crippen LogP contribution in [0.15, 0.2) is 24.3 Å². The van der Waals surface area contributed by atoms with Crippen LogP contribution in [0.25, 0.3) is 0 Å². The maximum absolute atomic E-state index is 12.1. The third-order valence-corrected chi connectivity index (χ3v) is 3.92. The van der Waals surface area contributed by atoms with E-state index in [9.17, 15) is 4.79 Å². The number of carbonyl (C=O) groups excluding carboxylic acids is 1. The fourth-order valence-electron chi connectivity index (χ4n) is 2.61. The van der Waals surface area contributed by atoms with Gasteiger partial charge in [-0.05, 0) is 44.1 Å². The Morgan fingerprint density at radius 3 is 2.55 bits per heavy atom. The summed E-state index contributed by atoms with van der Waals surface area (Å²) in [5.74, 6) is -0.139. The molecule has 0 aliphatic heterocycles. The quantitative estimate of drug-likeness (QED) is 0.648. The predicted molar refractivity (Wildman–Crippen MR) is 85.9 cm³/mol. The first-order valence-corrected chi connectivity index (χ1v) is 7.74. The molecule has 0 atom stereocenters. The van der Waals surface area contributed by atoms with Crippen molar-refractivity contribution in [3.8, 4) is 0 Å². The highest BCUT2D eigenvalue weighted by atomic mass is 32.1. The van der Waals surface area contributed by atoms with Crippen molar-refractivity contribution in [1.29, 1.82) is 0 Å². The molecule has 0 aromatic heterocycles. The SMILES string of the molecule is Cc1cccc(C(=O)NC(=S)NC2CCCCCC2)c1. The van der Waals surface area contributed by atoms with E-state index >= 15 is 0 Å². The number of hydrogen-bond acceptors (Lipinski definition) is 2. The normalized spacial score (nSPS) is 16.2. The minimum Gasteiger partial charge on any atom is -0.360 e. The smallest absolute Gasteiger partial charge is 0.257 e. The molecule has 1 aliphatic rings. The molecule has 1 aromatic rings. The van der Waals surface area contributed by atoms with Crippen LogP contribution in [0.5, 0.6) is 0 Å². The van der Waals surface area contributed by atoms with Gasteiger partial charge in [0, 0.05) is 11.6 Å². The van der Waals surface area contributed by atoms with Gasteiger partial charge in [0.1, 0.15) is 0 Å². The summed E-state index contributed by atoms with van der Waals surface area (Å²) in [5.41, 5.74) is 1.72. The van der Waals surface area contributed by atoms with E-state index in [0.29, 0.717) is 16.7 Å². The second kappa shape index (κ2) is 7.39. The van der Waals surface area contributed by atoms with Crippen molar-refractivity contribution in [1.82, 2.24) is 10.6 Å². The Balaban J connectivity index is 1.86. The lowest BCUT2D eigenvalue weighted by atomic mass is 10.1. The third kappa shape index (κ3) is 4.60. The number of carbonyl (C=O) groups is 1.